The van der Waals surface area contributed by atoms with Crippen molar-refractivity contribution >= 4 is 44.6 Å². The second kappa shape index (κ2) is 8.74. The highest BCUT2D eigenvalue weighted by Gasteiger charge is 2.08. The number of hydrogen-bond donors (Lipinski definition) is 2. The monoisotopic (exact) mass is 394 g/mol. The van der Waals surface area contributed by atoms with Gasteiger partial charge in [-0.25, -0.2) is 0 Å². The smallest absolute Gasteiger partial charge is 0.175 e. The predicted molar refractivity (Wildman–Crippen MR) is 103 cm³/mol. The maximum atomic E-state index is 5.63. The van der Waals surface area contributed by atoms with Gasteiger partial charge < -0.3 is 20.1 Å². The summed E-state index contributed by atoms with van der Waals surface area (Å²) in [6.45, 7) is 5.08. The highest BCUT2D eigenvalue weighted by atomic mass is 79.9. The van der Waals surface area contributed by atoms with Crippen molar-refractivity contribution in [2.75, 3.05) is 23.8 Å². The van der Waals surface area contributed by atoms with Crippen molar-refractivity contribution in [1.82, 2.24) is 0 Å². The van der Waals surface area contributed by atoms with Gasteiger partial charge in [-0.2, -0.15) is 0 Å². The van der Waals surface area contributed by atoms with E-state index in [9.17, 15) is 0 Å². The van der Waals surface area contributed by atoms with Crippen LogP contribution in [0.5, 0.6) is 11.5 Å². The summed E-state index contributed by atoms with van der Waals surface area (Å²) in [5.74, 6) is 1.50. The molecule has 0 bridgehead atoms. The number of anilines is 2. The van der Waals surface area contributed by atoms with E-state index in [4.69, 9.17) is 21.7 Å². The lowest BCUT2D eigenvalue weighted by atomic mass is 10.2. The molecule has 4 nitrogen and oxygen atoms in total. The molecule has 0 atom stereocenters. The van der Waals surface area contributed by atoms with Crippen LogP contribution in [0.1, 0.15) is 13.8 Å². The maximum absolute atomic E-state index is 5.63. The Kier molecular flexibility index (Phi) is 6.67. The molecular weight excluding hydrogens is 376 g/mol. The Morgan fingerprint density at radius 3 is 2.35 bits per heavy atom. The van der Waals surface area contributed by atoms with Crippen molar-refractivity contribution in [2.24, 2.45) is 0 Å². The maximum Gasteiger partial charge on any atom is 0.175 e. The van der Waals surface area contributed by atoms with Gasteiger partial charge in [-0.3, -0.25) is 0 Å². The van der Waals surface area contributed by atoms with Crippen molar-refractivity contribution in [2.45, 2.75) is 13.8 Å². The fraction of sp³-hybridized carbons (Fsp3) is 0.235. The van der Waals surface area contributed by atoms with E-state index in [-0.39, 0.29) is 0 Å². The van der Waals surface area contributed by atoms with Crippen LogP contribution in [0, 0.1) is 0 Å². The lowest BCUT2D eigenvalue weighted by Crippen LogP contribution is -2.19. The molecule has 0 fully saturated rings. The third kappa shape index (κ3) is 5.41. The molecule has 0 amide bonds. The van der Waals surface area contributed by atoms with Crippen LogP contribution in [0.4, 0.5) is 11.4 Å². The second-order valence-electron chi connectivity index (χ2n) is 4.61. The summed E-state index contributed by atoms with van der Waals surface area (Å²) >= 11 is 8.78. The first-order valence-corrected chi connectivity index (χ1v) is 8.55. The number of benzene rings is 2. The molecule has 2 N–H and O–H groups in total. The van der Waals surface area contributed by atoms with Crippen LogP contribution in [0.2, 0.25) is 0 Å². The van der Waals surface area contributed by atoms with E-state index in [1.165, 1.54) is 0 Å². The van der Waals surface area contributed by atoms with Crippen molar-refractivity contribution < 1.29 is 9.47 Å². The van der Waals surface area contributed by atoms with Gasteiger partial charge in [-0.1, -0.05) is 15.9 Å². The molecule has 2 aromatic carbocycles. The molecular formula is C17H19BrN2O2S. The lowest BCUT2D eigenvalue weighted by molar-refractivity contribution is 0.332. The molecule has 0 unspecified atom stereocenters. The summed E-state index contributed by atoms with van der Waals surface area (Å²) in [5.41, 5.74) is 1.68. The molecule has 2 rings (SSSR count). The van der Waals surface area contributed by atoms with Gasteiger partial charge in [0.15, 0.2) is 5.11 Å². The highest BCUT2D eigenvalue weighted by molar-refractivity contribution is 9.10. The quantitative estimate of drug-likeness (QED) is 0.670. The Morgan fingerprint density at radius 2 is 1.70 bits per heavy atom. The lowest BCUT2D eigenvalue weighted by Gasteiger charge is -2.15. The predicted octanol–water partition coefficient (Wildman–Crippen LogP) is 5.06. The molecule has 23 heavy (non-hydrogen) atoms. The second-order valence-corrected chi connectivity index (χ2v) is 5.93. The molecule has 0 aliphatic carbocycles. The van der Waals surface area contributed by atoms with Crippen LogP contribution in [-0.2, 0) is 0 Å². The third-order valence-electron chi connectivity index (χ3n) is 2.91. The number of nitrogens with one attached hydrogen (secondary N) is 2. The average molecular weight is 395 g/mol. The fourth-order valence-electron chi connectivity index (χ4n) is 1.96. The Hall–Kier alpha value is -1.79. The zero-order valence-electron chi connectivity index (χ0n) is 13.1. The molecule has 0 aliphatic heterocycles. The largest absolute Gasteiger partial charge is 0.494 e. The van der Waals surface area contributed by atoms with E-state index >= 15 is 0 Å². The van der Waals surface area contributed by atoms with E-state index in [0.717, 1.165) is 27.3 Å². The Balaban J connectivity index is 2.11. The summed E-state index contributed by atoms with van der Waals surface area (Å²) in [6, 6.07) is 13.4. The van der Waals surface area contributed by atoms with Gasteiger partial charge in [0.05, 0.1) is 18.9 Å². The van der Waals surface area contributed by atoms with Gasteiger partial charge in [-0.05, 0) is 62.5 Å². The van der Waals surface area contributed by atoms with E-state index in [2.05, 4.69) is 26.6 Å². The zero-order valence-corrected chi connectivity index (χ0v) is 15.5. The molecule has 0 radical (unpaired) electrons. The first kappa shape index (κ1) is 17.6. The molecule has 2 aromatic rings. The molecule has 0 saturated carbocycles. The van der Waals surface area contributed by atoms with Gasteiger partial charge in [-0.15, -0.1) is 0 Å². The van der Waals surface area contributed by atoms with Gasteiger partial charge in [0.25, 0.3) is 0 Å². The van der Waals surface area contributed by atoms with Crippen molar-refractivity contribution in [3.05, 3.63) is 46.9 Å². The zero-order chi connectivity index (χ0) is 16.7. The minimum atomic E-state index is 0.488. The summed E-state index contributed by atoms with van der Waals surface area (Å²) in [4.78, 5) is 0. The summed E-state index contributed by atoms with van der Waals surface area (Å²) in [6.07, 6.45) is 0. The van der Waals surface area contributed by atoms with Crippen molar-refractivity contribution in [1.29, 1.82) is 0 Å². The highest BCUT2D eigenvalue weighted by Crippen LogP contribution is 2.29. The van der Waals surface area contributed by atoms with Crippen LogP contribution in [0.25, 0.3) is 0 Å². The average Bonchev–Trinajstić information content (AvgIpc) is 2.52. The van der Waals surface area contributed by atoms with Gasteiger partial charge in [0.1, 0.15) is 11.5 Å². The van der Waals surface area contributed by atoms with E-state index in [0.29, 0.717) is 18.3 Å². The van der Waals surface area contributed by atoms with E-state index in [1.807, 2.05) is 56.3 Å². The third-order valence-corrected chi connectivity index (χ3v) is 3.64. The minimum absolute atomic E-state index is 0.488. The first-order chi connectivity index (χ1) is 11.1. The molecule has 122 valence electrons. The number of thiocarbonyl (C=S) groups is 1. The minimum Gasteiger partial charge on any atom is -0.494 e. The molecule has 0 saturated heterocycles. The number of rotatable bonds is 6. The van der Waals surface area contributed by atoms with Crippen LogP contribution in [0.3, 0.4) is 0 Å². The van der Waals surface area contributed by atoms with Crippen molar-refractivity contribution in [3.8, 4) is 11.5 Å². The first-order valence-electron chi connectivity index (χ1n) is 7.35. The Labute approximate surface area is 150 Å². The fourth-order valence-corrected chi connectivity index (χ4v) is 2.45. The molecule has 6 heteroatoms. The SMILES string of the molecule is CCOc1ccc(OCC)c(NC(=S)Nc2ccc(Br)cc2)c1. The topological polar surface area (TPSA) is 42.5 Å². The van der Waals surface area contributed by atoms with Crippen LogP contribution in [-0.4, -0.2) is 18.3 Å². The Bertz CT molecular complexity index is 662. The molecule has 0 aromatic heterocycles. The van der Waals surface area contributed by atoms with Gasteiger partial charge >= 0.3 is 0 Å². The van der Waals surface area contributed by atoms with Crippen LogP contribution < -0.4 is 20.1 Å². The van der Waals surface area contributed by atoms with E-state index < -0.39 is 0 Å². The van der Waals surface area contributed by atoms with Crippen LogP contribution in [0.15, 0.2) is 46.9 Å². The van der Waals surface area contributed by atoms with Gasteiger partial charge in [0.2, 0.25) is 0 Å². The van der Waals surface area contributed by atoms with E-state index in [1.54, 1.807) is 0 Å². The number of halogens is 1. The normalized spacial score (nSPS) is 10.0. The molecule has 0 aliphatic rings. The summed E-state index contributed by atoms with van der Waals surface area (Å²) in [5, 5.41) is 6.79. The van der Waals surface area contributed by atoms with Crippen molar-refractivity contribution in [3.63, 3.8) is 0 Å². The summed E-state index contributed by atoms with van der Waals surface area (Å²) in [7, 11) is 0. The molecule has 0 heterocycles. The number of hydrogen-bond acceptors (Lipinski definition) is 3. The number of ether oxygens (including phenoxy) is 2. The van der Waals surface area contributed by atoms with Gasteiger partial charge in [0, 0.05) is 16.2 Å². The van der Waals surface area contributed by atoms with Crippen LogP contribution >= 0.6 is 28.1 Å². The standard InChI is InChI=1S/C17H19BrN2O2S/c1-3-21-14-9-10-16(22-4-2)15(11-14)20-17(23)19-13-7-5-12(18)6-8-13/h5-11H,3-4H2,1-2H3,(H2,19,20,23). The molecule has 0 spiro atoms. The Morgan fingerprint density at radius 1 is 1.00 bits per heavy atom. The summed E-state index contributed by atoms with van der Waals surface area (Å²) < 4.78 is 12.2.